The van der Waals surface area contributed by atoms with Crippen LogP contribution in [0.5, 0.6) is 0 Å². The molecule has 1 unspecified atom stereocenters. The standard InChI is InChI=1S/C15H22BrNO/c1-11-6-7-14(13(3)9-11)15(18)17-8-4-5-12(2)10-16/h6-7,9,12H,4-5,8,10H2,1-3H3,(H,17,18). The van der Waals surface area contributed by atoms with E-state index in [2.05, 4.69) is 28.2 Å². The quantitative estimate of drug-likeness (QED) is 0.627. The summed E-state index contributed by atoms with van der Waals surface area (Å²) in [5.41, 5.74) is 3.02. The number of hydrogen-bond acceptors (Lipinski definition) is 1. The maximum Gasteiger partial charge on any atom is 0.251 e. The van der Waals surface area contributed by atoms with Gasteiger partial charge in [0.1, 0.15) is 0 Å². The van der Waals surface area contributed by atoms with Crippen LogP contribution in [0.15, 0.2) is 18.2 Å². The van der Waals surface area contributed by atoms with E-state index in [1.165, 1.54) is 5.56 Å². The second-order valence-electron chi connectivity index (χ2n) is 4.98. The summed E-state index contributed by atoms with van der Waals surface area (Å²) in [5, 5.41) is 4.01. The summed E-state index contributed by atoms with van der Waals surface area (Å²) in [6.07, 6.45) is 2.17. The molecule has 0 aliphatic carbocycles. The molecule has 0 saturated heterocycles. The SMILES string of the molecule is Cc1ccc(C(=O)NCCCC(C)CBr)c(C)c1. The molecule has 0 aliphatic rings. The van der Waals surface area contributed by atoms with Crippen LogP contribution in [-0.4, -0.2) is 17.8 Å². The van der Waals surface area contributed by atoms with Crippen LogP contribution in [0.1, 0.15) is 41.3 Å². The molecule has 1 rings (SSSR count). The first-order chi connectivity index (χ1) is 8.54. The van der Waals surface area contributed by atoms with E-state index in [1.807, 2.05) is 32.0 Å². The maximum absolute atomic E-state index is 12.0. The maximum atomic E-state index is 12.0. The van der Waals surface area contributed by atoms with Gasteiger partial charge in [0.25, 0.3) is 5.91 Å². The lowest BCUT2D eigenvalue weighted by atomic mass is 10.0. The second-order valence-corrected chi connectivity index (χ2v) is 5.62. The van der Waals surface area contributed by atoms with E-state index in [0.717, 1.165) is 35.8 Å². The third-order valence-electron chi connectivity index (χ3n) is 3.05. The highest BCUT2D eigenvalue weighted by Gasteiger charge is 2.08. The molecule has 1 aromatic carbocycles. The Morgan fingerprint density at radius 1 is 1.39 bits per heavy atom. The predicted molar refractivity (Wildman–Crippen MR) is 80.4 cm³/mol. The molecule has 1 amide bonds. The van der Waals surface area contributed by atoms with Crippen molar-refractivity contribution in [3.8, 4) is 0 Å². The van der Waals surface area contributed by atoms with Crippen molar-refractivity contribution in [1.82, 2.24) is 5.32 Å². The highest BCUT2D eigenvalue weighted by Crippen LogP contribution is 2.11. The largest absolute Gasteiger partial charge is 0.352 e. The smallest absolute Gasteiger partial charge is 0.251 e. The molecule has 3 heteroatoms. The lowest BCUT2D eigenvalue weighted by Crippen LogP contribution is -2.25. The number of carbonyl (C=O) groups excluding carboxylic acids is 1. The monoisotopic (exact) mass is 311 g/mol. The van der Waals surface area contributed by atoms with Crippen molar-refractivity contribution in [1.29, 1.82) is 0 Å². The molecule has 2 nitrogen and oxygen atoms in total. The fourth-order valence-electron chi connectivity index (χ4n) is 1.89. The van der Waals surface area contributed by atoms with Crippen molar-refractivity contribution in [2.75, 3.05) is 11.9 Å². The minimum Gasteiger partial charge on any atom is -0.352 e. The summed E-state index contributed by atoms with van der Waals surface area (Å²) < 4.78 is 0. The van der Waals surface area contributed by atoms with Gasteiger partial charge in [-0.25, -0.2) is 0 Å². The van der Waals surface area contributed by atoms with Crippen LogP contribution >= 0.6 is 15.9 Å². The van der Waals surface area contributed by atoms with E-state index in [1.54, 1.807) is 0 Å². The fraction of sp³-hybridized carbons (Fsp3) is 0.533. The van der Waals surface area contributed by atoms with Gasteiger partial charge in [-0.2, -0.15) is 0 Å². The van der Waals surface area contributed by atoms with Gasteiger partial charge in [-0.15, -0.1) is 0 Å². The van der Waals surface area contributed by atoms with E-state index in [-0.39, 0.29) is 5.91 Å². The zero-order valence-electron chi connectivity index (χ0n) is 11.4. The van der Waals surface area contributed by atoms with Crippen LogP contribution < -0.4 is 5.32 Å². The molecule has 1 aromatic rings. The predicted octanol–water partition coefficient (Wildman–Crippen LogP) is 3.84. The van der Waals surface area contributed by atoms with Crippen LogP contribution in [0.4, 0.5) is 0 Å². The molecule has 0 bridgehead atoms. The van der Waals surface area contributed by atoms with Gasteiger partial charge in [0, 0.05) is 17.4 Å². The van der Waals surface area contributed by atoms with Gasteiger partial charge >= 0.3 is 0 Å². The number of aryl methyl sites for hydroxylation is 2. The van der Waals surface area contributed by atoms with Gasteiger partial charge in [0.2, 0.25) is 0 Å². The Morgan fingerprint density at radius 3 is 2.72 bits per heavy atom. The molecule has 1 atom stereocenters. The molecule has 0 aromatic heterocycles. The van der Waals surface area contributed by atoms with Gasteiger partial charge < -0.3 is 5.32 Å². The van der Waals surface area contributed by atoms with Crippen LogP contribution in [0.25, 0.3) is 0 Å². The minimum absolute atomic E-state index is 0.0407. The van der Waals surface area contributed by atoms with Crippen LogP contribution in [0, 0.1) is 19.8 Å². The van der Waals surface area contributed by atoms with Gasteiger partial charge in [0.15, 0.2) is 0 Å². The van der Waals surface area contributed by atoms with Crippen molar-refractivity contribution < 1.29 is 4.79 Å². The van der Waals surface area contributed by atoms with Gasteiger partial charge in [-0.3, -0.25) is 4.79 Å². The number of amides is 1. The molecule has 0 heterocycles. The third-order valence-corrected chi connectivity index (χ3v) is 4.15. The molecule has 1 N–H and O–H groups in total. The lowest BCUT2D eigenvalue weighted by molar-refractivity contribution is 0.0952. The topological polar surface area (TPSA) is 29.1 Å². The van der Waals surface area contributed by atoms with Gasteiger partial charge in [0.05, 0.1) is 0 Å². The number of hydrogen-bond donors (Lipinski definition) is 1. The Hall–Kier alpha value is -0.830. The molecular weight excluding hydrogens is 290 g/mol. The minimum atomic E-state index is 0.0407. The van der Waals surface area contributed by atoms with Gasteiger partial charge in [-0.05, 0) is 44.2 Å². The van der Waals surface area contributed by atoms with E-state index in [4.69, 9.17) is 0 Å². The number of halogens is 1. The van der Waals surface area contributed by atoms with Crippen molar-refractivity contribution in [3.63, 3.8) is 0 Å². The first kappa shape index (κ1) is 15.2. The van der Waals surface area contributed by atoms with E-state index < -0.39 is 0 Å². The van der Waals surface area contributed by atoms with Crippen LogP contribution in [-0.2, 0) is 0 Å². The Labute approximate surface area is 118 Å². The summed E-state index contributed by atoms with van der Waals surface area (Å²) in [4.78, 5) is 12.0. The van der Waals surface area contributed by atoms with E-state index in [0.29, 0.717) is 5.92 Å². The number of carbonyl (C=O) groups is 1. The molecular formula is C15H22BrNO. The van der Waals surface area contributed by atoms with Crippen molar-refractivity contribution in [2.45, 2.75) is 33.6 Å². The fourth-order valence-corrected chi connectivity index (χ4v) is 2.22. The summed E-state index contributed by atoms with van der Waals surface area (Å²) in [7, 11) is 0. The molecule has 0 radical (unpaired) electrons. The number of rotatable bonds is 6. The summed E-state index contributed by atoms with van der Waals surface area (Å²) >= 11 is 3.46. The molecule has 100 valence electrons. The van der Waals surface area contributed by atoms with Crippen molar-refractivity contribution >= 4 is 21.8 Å². The summed E-state index contributed by atoms with van der Waals surface area (Å²) in [6.45, 7) is 6.98. The van der Waals surface area contributed by atoms with Crippen molar-refractivity contribution in [3.05, 3.63) is 34.9 Å². The zero-order chi connectivity index (χ0) is 13.5. The molecule has 18 heavy (non-hydrogen) atoms. The Balaban J connectivity index is 2.41. The average Bonchev–Trinajstić information content (AvgIpc) is 2.34. The zero-order valence-corrected chi connectivity index (χ0v) is 13.0. The van der Waals surface area contributed by atoms with E-state index >= 15 is 0 Å². The number of alkyl halides is 1. The van der Waals surface area contributed by atoms with Gasteiger partial charge in [-0.1, -0.05) is 40.5 Å². The van der Waals surface area contributed by atoms with Crippen LogP contribution in [0.3, 0.4) is 0 Å². The van der Waals surface area contributed by atoms with E-state index in [9.17, 15) is 4.79 Å². The Morgan fingerprint density at radius 2 is 2.11 bits per heavy atom. The normalized spacial score (nSPS) is 12.2. The lowest BCUT2D eigenvalue weighted by Gasteiger charge is -2.10. The third kappa shape index (κ3) is 4.81. The van der Waals surface area contributed by atoms with Crippen LogP contribution in [0.2, 0.25) is 0 Å². The summed E-state index contributed by atoms with van der Waals surface area (Å²) in [5.74, 6) is 0.710. The number of benzene rings is 1. The molecule has 0 aliphatic heterocycles. The first-order valence-electron chi connectivity index (χ1n) is 6.46. The average molecular weight is 312 g/mol. The highest BCUT2D eigenvalue weighted by atomic mass is 79.9. The Kier molecular flexibility index (Phi) is 6.41. The number of nitrogens with one attached hydrogen (secondary N) is 1. The molecule has 0 spiro atoms. The second kappa shape index (κ2) is 7.57. The summed E-state index contributed by atoms with van der Waals surface area (Å²) in [6, 6.07) is 5.93. The van der Waals surface area contributed by atoms with Crippen molar-refractivity contribution in [2.24, 2.45) is 5.92 Å². The highest BCUT2D eigenvalue weighted by molar-refractivity contribution is 9.09. The first-order valence-corrected chi connectivity index (χ1v) is 7.58. The molecule has 0 saturated carbocycles. The Bertz CT molecular complexity index is 403. The molecule has 0 fully saturated rings.